The van der Waals surface area contributed by atoms with Crippen molar-refractivity contribution in [1.29, 1.82) is 0 Å². The summed E-state index contributed by atoms with van der Waals surface area (Å²) >= 11 is 0. The maximum Gasteiger partial charge on any atom is 0.308 e. The largest absolute Gasteiger partial charge is 0.481 e. The Hall–Kier alpha value is -0.353. The molecule has 0 aliphatic carbocycles. The minimum absolute atomic E-state index is 0.121. The Morgan fingerprint density at radius 3 is 1.88 bits per heavy atom. The molecule has 96 valence electrons. The first kappa shape index (κ1) is 15.6. The molecule has 0 saturated carbocycles. The zero-order valence-electron chi connectivity index (χ0n) is 11.2. The molecule has 2 atom stereocenters. The molecule has 0 amide bonds. The Bertz CT molecular complexity index is 206. The minimum Gasteiger partial charge on any atom is -0.481 e. The van der Waals surface area contributed by atoms with Crippen LogP contribution in [0.3, 0.4) is 0 Å². The lowest BCUT2D eigenvalue weighted by molar-refractivity contribution is -0.144. The van der Waals surface area contributed by atoms with Gasteiger partial charge in [-0.1, -0.05) is 27.7 Å². The maximum atomic E-state index is 11.0. The van der Waals surface area contributed by atoms with Crippen LogP contribution in [0.1, 0.15) is 41.0 Å². The number of aliphatic carboxylic acids is 1. The molecule has 0 bridgehead atoms. The summed E-state index contributed by atoms with van der Waals surface area (Å²) in [5.41, 5.74) is 0. The lowest BCUT2D eigenvalue weighted by Gasteiger charge is -2.34. The van der Waals surface area contributed by atoms with E-state index in [-0.39, 0.29) is 6.10 Å². The number of hydrogen-bond donors (Lipinski definition) is 1. The fraction of sp³-hybridized carbons (Fsp3) is 0.917. The Morgan fingerprint density at radius 2 is 1.62 bits per heavy atom. The van der Waals surface area contributed by atoms with Crippen LogP contribution < -0.4 is 0 Å². The van der Waals surface area contributed by atoms with Crippen LogP contribution in [-0.2, 0) is 9.22 Å². The van der Waals surface area contributed by atoms with Gasteiger partial charge in [-0.2, -0.15) is 0 Å². The van der Waals surface area contributed by atoms with Gasteiger partial charge in [0, 0.05) is 0 Å². The quantitative estimate of drug-likeness (QED) is 0.667. The van der Waals surface area contributed by atoms with Gasteiger partial charge in [0.2, 0.25) is 0 Å². The maximum absolute atomic E-state index is 11.0. The number of carboxylic acids is 1. The van der Waals surface area contributed by atoms with Gasteiger partial charge < -0.3 is 9.53 Å². The van der Waals surface area contributed by atoms with Crippen LogP contribution in [0, 0.1) is 5.92 Å². The van der Waals surface area contributed by atoms with Gasteiger partial charge in [0.25, 0.3) is 0 Å². The summed E-state index contributed by atoms with van der Waals surface area (Å²) in [5.74, 6) is -1.15. The van der Waals surface area contributed by atoms with E-state index in [0.717, 1.165) is 24.6 Å². The van der Waals surface area contributed by atoms with Crippen LogP contribution in [-0.4, -0.2) is 25.5 Å². The van der Waals surface area contributed by atoms with E-state index < -0.39 is 20.2 Å². The molecule has 0 aromatic rings. The molecule has 0 saturated heterocycles. The van der Waals surface area contributed by atoms with Crippen LogP contribution in [0.4, 0.5) is 0 Å². The predicted octanol–water partition coefficient (Wildman–Crippen LogP) is 3.51. The molecule has 0 heterocycles. The van der Waals surface area contributed by atoms with Gasteiger partial charge in [0.05, 0.1) is 12.0 Å². The Kier molecular flexibility index (Phi) is 6.91. The van der Waals surface area contributed by atoms with Gasteiger partial charge in [-0.25, -0.2) is 0 Å². The number of hydrogen-bond acceptors (Lipinski definition) is 2. The summed E-state index contributed by atoms with van der Waals surface area (Å²) in [5, 5.41) is 9.03. The van der Waals surface area contributed by atoms with Gasteiger partial charge >= 0.3 is 5.97 Å². The molecule has 2 unspecified atom stereocenters. The summed E-state index contributed by atoms with van der Waals surface area (Å²) in [6.45, 7) is 10.2. The molecular formula is C12H26O3Si. The van der Waals surface area contributed by atoms with Crippen LogP contribution in [0.2, 0.25) is 18.1 Å². The van der Waals surface area contributed by atoms with Gasteiger partial charge in [0.1, 0.15) is 0 Å². The summed E-state index contributed by atoms with van der Waals surface area (Å²) in [7, 11) is -1.67. The standard InChI is InChI=1S/C12H26O3Si/c1-6-11(10(5)12(13)14)15-16(7-2,8-3)9-4/h10-11H,6-9H2,1-5H3,(H,13,14). The molecule has 0 fully saturated rings. The van der Waals surface area contributed by atoms with Crippen LogP contribution >= 0.6 is 0 Å². The Labute approximate surface area is 100 Å². The first-order valence-electron chi connectivity index (χ1n) is 6.36. The van der Waals surface area contributed by atoms with E-state index in [2.05, 4.69) is 20.8 Å². The van der Waals surface area contributed by atoms with Gasteiger partial charge in [-0.3, -0.25) is 4.79 Å². The first-order valence-corrected chi connectivity index (χ1v) is 8.89. The molecule has 4 heteroatoms. The van der Waals surface area contributed by atoms with Crippen LogP contribution in [0.5, 0.6) is 0 Å². The van der Waals surface area contributed by atoms with Crippen molar-refractivity contribution in [1.82, 2.24) is 0 Å². The average Bonchev–Trinajstić information content (AvgIpc) is 2.31. The number of carboxylic acid groups (broad SMARTS) is 1. The highest BCUT2D eigenvalue weighted by atomic mass is 28.4. The van der Waals surface area contributed by atoms with E-state index in [1.807, 2.05) is 6.92 Å². The Morgan fingerprint density at radius 1 is 1.19 bits per heavy atom. The van der Waals surface area contributed by atoms with Gasteiger partial charge in [0.15, 0.2) is 8.32 Å². The van der Waals surface area contributed by atoms with Crippen molar-refractivity contribution in [3.63, 3.8) is 0 Å². The number of carbonyl (C=O) groups is 1. The molecule has 0 aliphatic rings. The van der Waals surface area contributed by atoms with Crippen LogP contribution in [0.25, 0.3) is 0 Å². The molecular weight excluding hydrogens is 220 g/mol. The summed E-state index contributed by atoms with van der Waals surface area (Å²) in [6, 6.07) is 3.22. The molecule has 0 rings (SSSR count). The smallest absolute Gasteiger partial charge is 0.308 e. The molecule has 0 aliphatic heterocycles. The molecule has 3 nitrogen and oxygen atoms in total. The second-order valence-electron chi connectivity index (χ2n) is 4.44. The highest BCUT2D eigenvalue weighted by Crippen LogP contribution is 2.27. The molecule has 0 spiro atoms. The molecule has 16 heavy (non-hydrogen) atoms. The minimum atomic E-state index is -1.67. The third kappa shape index (κ3) is 3.90. The van der Waals surface area contributed by atoms with Gasteiger partial charge in [-0.15, -0.1) is 0 Å². The molecule has 0 aromatic heterocycles. The lowest BCUT2D eigenvalue weighted by atomic mass is 10.0. The van der Waals surface area contributed by atoms with Crippen molar-refractivity contribution in [2.24, 2.45) is 5.92 Å². The lowest BCUT2D eigenvalue weighted by Crippen LogP contribution is -2.43. The first-order chi connectivity index (χ1) is 7.46. The average molecular weight is 246 g/mol. The predicted molar refractivity (Wildman–Crippen MR) is 69.2 cm³/mol. The summed E-state index contributed by atoms with van der Waals surface area (Å²) < 4.78 is 6.22. The SMILES string of the molecule is CCC(O[Si](CC)(CC)CC)C(C)C(=O)O. The van der Waals surface area contributed by atoms with Crippen molar-refractivity contribution in [2.45, 2.75) is 65.3 Å². The second-order valence-corrected chi connectivity index (χ2v) is 9.16. The van der Waals surface area contributed by atoms with Crippen molar-refractivity contribution >= 4 is 14.3 Å². The fourth-order valence-electron chi connectivity index (χ4n) is 2.02. The van der Waals surface area contributed by atoms with Crippen molar-refractivity contribution in [2.75, 3.05) is 0 Å². The number of rotatable bonds is 8. The van der Waals surface area contributed by atoms with Gasteiger partial charge in [-0.05, 0) is 31.5 Å². The van der Waals surface area contributed by atoms with E-state index in [0.29, 0.717) is 0 Å². The van der Waals surface area contributed by atoms with E-state index in [9.17, 15) is 4.79 Å². The third-order valence-corrected chi connectivity index (χ3v) is 8.35. The van der Waals surface area contributed by atoms with Crippen molar-refractivity contribution in [3.05, 3.63) is 0 Å². The molecule has 0 radical (unpaired) electrons. The zero-order valence-corrected chi connectivity index (χ0v) is 12.2. The summed E-state index contributed by atoms with van der Waals surface area (Å²) in [6.07, 6.45) is 0.659. The van der Waals surface area contributed by atoms with E-state index in [1.165, 1.54) is 0 Å². The molecule has 1 N–H and O–H groups in total. The fourth-order valence-corrected chi connectivity index (χ4v) is 5.03. The monoisotopic (exact) mass is 246 g/mol. The second kappa shape index (κ2) is 7.07. The highest BCUT2D eigenvalue weighted by molar-refractivity contribution is 6.73. The van der Waals surface area contributed by atoms with E-state index in [1.54, 1.807) is 6.92 Å². The van der Waals surface area contributed by atoms with Crippen molar-refractivity contribution in [3.8, 4) is 0 Å². The van der Waals surface area contributed by atoms with E-state index >= 15 is 0 Å². The normalized spacial score (nSPS) is 15.8. The topological polar surface area (TPSA) is 46.5 Å². The summed E-state index contributed by atoms with van der Waals surface area (Å²) in [4.78, 5) is 11.0. The van der Waals surface area contributed by atoms with Crippen LogP contribution in [0.15, 0.2) is 0 Å². The third-order valence-electron chi connectivity index (χ3n) is 3.68. The zero-order chi connectivity index (χ0) is 12.8. The Balaban J connectivity index is 4.67. The molecule has 0 aromatic carbocycles. The highest BCUT2D eigenvalue weighted by Gasteiger charge is 2.34. The van der Waals surface area contributed by atoms with Crippen molar-refractivity contribution < 1.29 is 14.3 Å². The van der Waals surface area contributed by atoms with E-state index in [4.69, 9.17) is 9.53 Å².